The predicted octanol–water partition coefficient (Wildman–Crippen LogP) is 4.40. The van der Waals surface area contributed by atoms with E-state index in [2.05, 4.69) is 66.3 Å². The second-order valence-corrected chi connectivity index (χ2v) is 20.0. The summed E-state index contributed by atoms with van der Waals surface area (Å²) in [6.45, 7) is 22.3. The van der Waals surface area contributed by atoms with Gasteiger partial charge in [0.1, 0.15) is 17.3 Å². The molecule has 12 nitrogen and oxygen atoms in total. The first kappa shape index (κ1) is 36.5. The maximum atomic E-state index is 13.4. The molecule has 252 valence electrons. The quantitative estimate of drug-likeness (QED) is 0.247. The van der Waals surface area contributed by atoms with Crippen LogP contribution in [0.15, 0.2) is 17.7 Å². The Morgan fingerprint density at radius 3 is 2.24 bits per heavy atom. The summed E-state index contributed by atoms with van der Waals surface area (Å²) in [5, 5.41) is 10.6. The van der Waals surface area contributed by atoms with Gasteiger partial charge < -0.3 is 34.9 Å². The number of hydrogen-bond donors (Lipinski definition) is 3. The lowest BCUT2D eigenvalue weighted by Gasteiger charge is -2.37. The molecule has 2 saturated heterocycles. The molecule has 14 heteroatoms. The predicted molar refractivity (Wildman–Crippen MR) is 179 cm³/mol. The fourth-order valence-electron chi connectivity index (χ4n) is 4.70. The number of ether oxygens (including phenoxy) is 1. The normalized spacial score (nSPS) is 17.3. The summed E-state index contributed by atoms with van der Waals surface area (Å²) in [5.41, 5.74) is -0.385. The first-order valence-electron chi connectivity index (χ1n) is 15.8. The third-order valence-electron chi connectivity index (χ3n) is 8.43. The van der Waals surface area contributed by atoms with E-state index in [1.54, 1.807) is 10.3 Å². The van der Waals surface area contributed by atoms with Gasteiger partial charge in [0.05, 0.1) is 12.3 Å². The zero-order valence-corrected chi connectivity index (χ0v) is 30.0. The minimum absolute atomic E-state index is 0.00412. The van der Waals surface area contributed by atoms with E-state index in [9.17, 15) is 19.2 Å². The van der Waals surface area contributed by atoms with Gasteiger partial charge in [0.15, 0.2) is 13.4 Å². The summed E-state index contributed by atoms with van der Waals surface area (Å²) in [6.07, 6.45) is 3.92. The Bertz CT molecular complexity index is 1230. The number of carbonyl (C=O) groups is 4. The number of alkyl carbamates (subject to hydrolysis) is 1. The Labute approximate surface area is 272 Å². The molecule has 2 aliphatic heterocycles. The summed E-state index contributed by atoms with van der Waals surface area (Å²) in [7, 11) is -2.26. The van der Waals surface area contributed by atoms with E-state index in [0.717, 1.165) is 19.3 Å². The molecular weight excluding hydrogens is 613 g/mol. The van der Waals surface area contributed by atoms with Gasteiger partial charge in [-0.3, -0.25) is 14.4 Å². The Kier molecular flexibility index (Phi) is 12.2. The summed E-state index contributed by atoms with van der Waals surface area (Å²) < 4.78 is 11.7. The van der Waals surface area contributed by atoms with Crippen LogP contribution >= 0.6 is 11.3 Å². The molecule has 0 unspecified atom stereocenters. The molecule has 3 rings (SSSR count). The number of carbonyl (C=O) groups excluding carboxylic acids is 4. The van der Waals surface area contributed by atoms with Crippen molar-refractivity contribution in [3.05, 3.63) is 23.3 Å². The highest BCUT2D eigenvalue weighted by atomic mass is 32.1. The highest BCUT2D eigenvalue weighted by molar-refractivity contribution is 7.13. The van der Waals surface area contributed by atoms with Crippen LogP contribution in [-0.2, 0) is 18.8 Å². The first-order valence-corrected chi connectivity index (χ1v) is 19.6. The van der Waals surface area contributed by atoms with Gasteiger partial charge in [0, 0.05) is 37.6 Å². The average molecular weight is 665 g/mol. The van der Waals surface area contributed by atoms with Gasteiger partial charge >= 0.3 is 6.09 Å². The van der Waals surface area contributed by atoms with Crippen molar-refractivity contribution >= 4 is 48.6 Å². The van der Waals surface area contributed by atoms with Gasteiger partial charge in [0.2, 0.25) is 5.91 Å². The maximum Gasteiger partial charge on any atom is 0.407 e. The molecule has 2 fully saturated rings. The number of piperidine rings is 2. The summed E-state index contributed by atoms with van der Waals surface area (Å²) in [5.74, 6) is -1.38. The Balaban J connectivity index is 1.63. The number of anilines is 1. The van der Waals surface area contributed by atoms with Crippen LogP contribution in [0.3, 0.4) is 0 Å². The fraction of sp³-hybridized carbons (Fsp3) is 0.710. The molecule has 1 aromatic heterocycles. The van der Waals surface area contributed by atoms with Crippen molar-refractivity contribution in [1.82, 2.24) is 25.8 Å². The molecule has 3 heterocycles. The van der Waals surface area contributed by atoms with Crippen LogP contribution in [0.4, 0.5) is 9.93 Å². The highest BCUT2D eigenvalue weighted by Crippen LogP contribution is 2.36. The number of hydrogen-bond acceptors (Lipinski definition) is 9. The van der Waals surface area contributed by atoms with Crippen LogP contribution in [-0.4, -0.2) is 92.5 Å². The largest absolute Gasteiger partial charge is 0.444 e. The molecule has 3 N–H and O–H groups in total. The summed E-state index contributed by atoms with van der Waals surface area (Å²) in [6, 6.07) is -1.06. The van der Waals surface area contributed by atoms with Crippen LogP contribution in [0.25, 0.3) is 0 Å². The number of aromatic nitrogens is 1. The highest BCUT2D eigenvalue weighted by Gasteiger charge is 2.39. The van der Waals surface area contributed by atoms with E-state index in [-0.39, 0.29) is 35.0 Å². The van der Waals surface area contributed by atoms with Crippen molar-refractivity contribution in [3.8, 4) is 0 Å². The van der Waals surface area contributed by atoms with Crippen molar-refractivity contribution in [1.29, 1.82) is 0 Å². The number of rotatable bonds is 10. The van der Waals surface area contributed by atoms with Crippen LogP contribution in [0, 0.1) is 0 Å². The van der Waals surface area contributed by atoms with Crippen LogP contribution in [0.1, 0.15) is 84.1 Å². The van der Waals surface area contributed by atoms with E-state index in [4.69, 9.17) is 9.16 Å². The summed E-state index contributed by atoms with van der Waals surface area (Å²) >= 11 is 1.35. The average Bonchev–Trinajstić information content (AvgIpc) is 3.44. The molecular formula is C31H52N6O6SSi. The van der Waals surface area contributed by atoms with E-state index >= 15 is 0 Å². The lowest BCUT2D eigenvalue weighted by Crippen LogP contribution is -2.53. The molecule has 0 spiro atoms. The van der Waals surface area contributed by atoms with Gasteiger partial charge in [-0.15, -0.1) is 11.3 Å². The van der Waals surface area contributed by atoms with Crippen molar-refractivity contribution in [2.75, 3.05) is 37.7 Å². The number of amides is 4. The van der Waals surface area contributed by atoms with Crippen LogP contribution < -0.4 is 20.9 Å². The molecule has 0 radical (unpaired) electrons. The summed E-state index contributed by atoms with van der Waals surface area (Å²) in [4.78, 5) is 60.2. The fourth-order valence-corrected chi connectivity index (χ4v) is 6.58. The third kappa shape index (κ3) is 10.8. The molecule has 4 amide bonds. The third-order valence-corrected chi connectivity index (χ3v) is 13.8. The molecule has 1 aromatic rings. The maximum absolute atomic E-state index is 13.4. The van der Waals surface area contributed by atoms with Crippen LogP contribution in [0.5, 0.6) is 0 Å². The van der Waals surface area contributed by atoms with Crippen molar-refractivity contribution in [2.45, 2.75) is 109 Å². The lowest BCUT2D eigenvalue weighted by molar-refractivity contribution is -0.131. The zero-order valence-electron chi connectivity index (χ0n) is 28.2. The lowest BCUT2D eigenvalue weighted by atomic mass is 10.1. The van der Waals surface area contributed by atoms with Crippen LogP contribution in [0.2, 0.25) is 18.1 Å². The number of nitrogens with zero attached hydrogens (tertiary/aromatic N) is 3. The Hall–Kier alpha value is -2.97. The molecule has 0 saturated carbocycles. The van der Waals surface area contributed by atoms with Gasteiger partial charge in [-0.05, 0) is 71.0 Å². The van der Waals surface area contributed by atoms with Gasteiger partial charge in [-0.25, -0.2) is 9.78 Å². The molecule has 1 atom stereocenters. The standard InChI is InChI=1S/C31H52N6O6SSi/c1-21(27(40)36-15-11-10-12-16-36)32-25(38)23(19-42-45(8,9)31(5,6)7)34-26(39)24-20-44-28(35-24)37-17-13-22(14-18-37)33-29(41)43-30(2,3)4/h20,22-23H,1,10-19H2,2-9H3,(H,32,38)(H,33,41)(H,34,39)/t23-/m0/s1. The van der Waals surface area contributed by atoms with Gasteiger partial charge in [0.25, 0.3) is 11.8 Å². The minimum Gasteiger partial charge on any atom is -0.444 e. The smallest absolute Gasteiger partial charge is 0.407 e. The Morgan fingerprint density at radius 2 is 1.67 bits per heavy atom. The van der Waals surface area contributed by atoms with E-state index in [0.29, 0.717) is 44.2 Å². The zero-order chi connectivity index (χ0) is 33.6. The molecule has 0 aromatic carbocycles. The van der Waals surface area contributed by atoms with Crippen molar-refractivity contribution in [2.24, 2.45) is 0 Å². The second-order valence-electron chi connectivity index (χ2n) is 14.3. The topological polar surface area (TPSA) is 142 Å². The number of likely N-dealkylation sites (tertiary alicyclic amines) is 1. The molecule has 0 aliphatic carbocycles. The molecule has 0 bridgehead atoms. The van der Waals surface area contributed by atoms with Crippen molar-refractivity contribution in [3.63, 3.8) is 0 Å². The second kappa shape index (κ2) is 15.1. The van der Waals surface area contributed by atoms with Crippen molar-refractivity contribution < 1.29 is 28.3 Å². The van der Waals surface area contributed by atoms with Gasteiger partial charge in [-0.2, -0.15) is 0 Å². The first-order chi connectivity index (χ1) is 20.9. The number of thiazole rings is 1. The minimum atomic E-state index is -2.26. The van der Waals surface area contributed by atoms with E-state index in [1.807, 2.05) is 20.8 Å². The SMILES string of the molecule is C=C(NC(=O)[C@H](CO[Si](C)(C)C(C)(C)C)NC(=O)c1csc(N2CCC(NC(=O)OC(C)(C)C)CC2)n1)C(=O)N1CCCCC1. The molecule has 2 aliphatic rings. The van der Waals surface area contributed by atoms with E-state index < -0.39 is 37.9 Å². The van der Waals surface area contributed by atoms with E-state index in [1.165, 1.54) is 11.3 Å². The molecule has 45 heavy (non-hydrogen) atoms. The van der Waals surface area contributed by atoms with Gasteiger partial charge in [-0.1, -0.05) is 27.4 Å². The number of nitrogens with one attached hydrogen (secondary N) is 3. The Morgan fingerprint density at radius 1 is 1.04 bits per heavy atom. The monoisotopic (exact) mass is 664 g/mol.